The molecule has 0 radical (unpaired) electrons. The lowest BCUT2D eigenvalue weighted by atomic mass is 10.2. The van der Waals surface area contributed by atoms with Gasteiger partial charge in [-0.3, -0.25) is 4.90 Å². The summed E-state index contributed by atoms with van der Waals surface area (Å²) in [6.07, 6.45) is 4.51. The predicted octanol–water partition coefficient (Wildman–Crippen LogP) is 1.34. The van der Waals surface area contributed by atoms with Gasteiger partial charge in [0.2, 0.25) is 0 Å². The van der Waals surface area contributed by atoms with Crippen LogP contribution in [0.15, 0.2) is 30.6 Å². The van der Waals surface area contributed by atoms with E-state index >= 15 is 0 Å². The second-order valence-electron chi connectivity index (χ2n) is 5.44. The fourth-order valence-electron chi connectivity index (χ4n) is 2.62. The molecule has 1 aliphatic heterocycles. The van der Waals surface area contributed by atoms with E-state index in [4.69, 9.17) is 0 Å². The topological polar surface area (TPSA) is 54.7 Å². The van der Waals surface area contributed by atoms with E-state index in [0.29, 0.717) is 13.0 Å². The van der Waals surface area contributed by atoms with Crippen LogP contribution < -0.4 is 0 Å². The van der Waals surface area contributed by atoms with Crippen LogP contribution in [0.4, 0.5) is 0 Å². The first-order chi connectivity index (χ1) is 9.56. The fraction of sp³-hybridized carbons (Fsp3) is 0.500. The largest absolute Gasteiger partial charge is 0.298 e. The third kappa shape index (κ3) is 2.58. The van der Waals surface area contributed by atoms with Crippen molar-refractivity contribution >= 4 is 15.4 Å². The third-order valence-electron chi connectivity index (χ3n) is 4.06. The van der Waals surface area contributed by atoms with Gasteiger partial charge >= 0.3 is 0 Å². The highest BCUT2D eigenvalue weighted by Gasteiger charge is 2.26. The number of hydrogen-bond acceptors (Lipinski definition) is 4. The number of aromatic nitrogens is 2. The first-order valence-electron chi connectivity index (χ1n) is 6.91. The number of pyridine rings is 1. The van der Waals surface area contributed by atoms with E-state index in [0.717, 1.165) is 24.2 Å². The Morgan fingerprint density at radius 1 is 1.35 bits per heavy atom. The smallest absolute Gasteiger partial charge is 0.154 e. The molecule has 2 aromatic rings. The molecule has 3 heterocycles. The molecule has 3 rings (SSSR count). The van der Waals surface area contributed by atoms with Gasteiger partial charge in [-0.15, -0.1) is 0 Å². The molecular weight excluding hydrogens is 274 g/mol. The Morgan fingerprint density at radius 3 is 3.05 bits per heavy atom. The number of sulfone groups is 1. The molecule has 1 atom stereocenters. The average molecular weight is 293 g/mol. The first kappa shape index (κ1) is 13.6. The van der Waals surface area contributed by atoms with E-state index < -0.39 is 9.84 Å². The second-order valence-corrected chi connectivity index (χ2v) is 7.98. The van der Waals surface area contributed by atoms with Gasteiger partial charge in [-0.1, -0.05) is 6.07 Å². The summed E-state index contributed by atoms with van der Waals surface area (Å²) in [6, 6.07) is 5.99. The predicted molar refractivity (Wildman–Crippen MR) is 78.3 cm³/mol. The Morgan fingerprint density at radius 2 is 2.20 bits per heavy atom. The molecule has 6 heteroatoms. The van der Waals surface area contributed by atoms with Crippen molar-refractivity contribution < 1.29 is 8.42 Å². The van der Waals surface area contributed by atoms with Crippen LogP contribution in [0.2, 0.25) is 0 Å². The van der Waals surface area contributed by atoms with Gasteiger partial charge in [0.25, 0.3) is 0 Å². The van der Waals surface area contributed by atoms with Crippen LogP contribution in [0, 0.1) is 0 Å². The average Bonchev–Trinajstić information content (AvgIpc) is 2.79. The Kier molecular flexibility index (Phi) is 3.52. The summed E-state index contributed by atoms with van der Waals surface area (Å²) >= 11 is 0. The van der Waals surface area contributed by atoms with Crippen molar-refractivity contribution in [3.05, 3.63) is 36.2 Å². The highest BCUT2D eigenvalue weighted by atomic mass is 32.2. The van der Waals surface area contributed by atoms with E-state index in [9.17, 15) is 8.42 Å². The number of rotatable bonds is 2. The van der Waals surface area contributed by atoms with Gasteiger partial charge in [0, 0.05) is 24.8 Å². The van der Waals surface area contributed by atoms with Crippen LogP contribution in [0.1, 0.15) is 18.9 Å². The monoisotopic (exact) mass is 293 g/mol. The molecule has 108 valence electrons. The molecule has 0 spiro atoms. The fourth-order valence-corrected chi connectivity index (χ4v) is 4.00. The number of fused-ring (bicyclic) bond motifs is 1. The molecule has 1 unspecified atom stereocenters. The molecule has 0 aromatic carbocycles. The number of hydrogen-bond donors (Lipinski definition) is 0. The minimum Gasteiger partial charge on any atom is -0.298 e. The zero-order chi connectivity index (χ0) is 14.2. The van der Waals surface area contributed by atoms with E-state index in [-0.39, 0.29) is 11.0 Å². The Bertz CT molecular complexity index is 708. The Labute approximate surface area is 119 Å². The summed E-state index contributed by atoms with van der Waals surface area (Å²) in [5, 5.41) is 4.10. The normalized spacial score (nSPS) is 23.8. The lowest BCUT2D eigenvalue weighted by Crippen LogP contribution is -2.26. The molecule has 0 saturated carbocycles. The Hall–Kier alpha value is -1.40. The van der Waals surface area contributed by atoms with Crippen LogP contribution in [0.5, 0.6) is 0 Å². The molecular formula is C14H19N3O2S. The van der Waals surface area contributed by atoms with E-state index in [1.165, 1.54) is 0 Å². The standard InChI is InChI=1S/C14H19N3O2S/c1-12-5-7-16(8-9-20(12,18)19)11-13-10-15-17-6-3-2-4-14(13)17/h2-4,6,10,12H,5,7-9,11H2,1H3. The van der Waals surface area contributed by atoms with Gasteiger partial charge < -0.3 is 0 Å². The van der Waals surface area contributed by atoms with Crippen molar-refractivity contribution in [2.45, 2.75) is 25.1 Å². The summed E-state index contributed by atoms with van der Waals surface area (Å²) < 4.78 is 25.7. The van der Waals surface area contributed by atoms with Crippen LogP contribution in [-0.2, 0) is 16.4 Å². The minimum atomic E-state index is -2.91. The molecule has 5 nitrogen and oxygen atoms in total. The van der Waals surface area contributed by atoms with Crippen LogP contribution >= 0.6 is 0 Å². The summed E-state index contributed by atoms with van der Waals surface area (Å²) in [7, 11) is -2.91. The SMILES string of the molecule is CC1CCN(Cc2cnn3ccccc23)CCS1(=O)=O. The van der Waals surface area contributed by atoms with E-state index in [1.807, 2.05) is 42.0 Å². The molecule has 0 amide bonds. The summed E-state index contributed by atoms with van der Waals surface area (Å²) in [5.74, 6) is 0.257. The third-order valence-corrected chi connectivity index (χ3v) is 6.27. The molecule has 1 fully saturated rings. The van der Waals surface area contributed by atoms with Crippen LogP contribution in [0.3, 0.4) is 0 Å². The maximum absolute atomic E-state index is 11.9. The zero-order valence-electron chi connectivity index (χ0n) is 11.6. The quantitative estimate of drug-likeness (QED) is 0.838. The molecule has 0 bridgehead atoms. The molecule has 1 aliphatic rings. The van der Waals surface area contributed by atoms with Gasteiger partial charge in [0.1, 0.15) is 0 Å². The van der Waals surface area contributed by atoms with Gasteiger partial charge in [-0.2, -0.15) is 5.10 Å². The van der Waals surface area contributed by atoms with Crippen molar-refractivity contribution in [2.24, 2.45) is 0 Å². The van der Waals surface area contributed by atoms with E-state index in [2.05, 4.69) is 10.00 Å². The van der Waals surface area contributed by atoms with Crippen LogP contribution in [-0.4, -0.2) is 47.0 Å². The van der Waals surface area contributed by atoms with Crippen molar-refractivity contribution in [1.82, 2.24) is 14.5 Å². The van der Waals surface area contributed by atoms with Gasteiger partial charge in [-0.05, 0) is 32.0 Å². The summed E-state index contributed by atoms with van der Waals surface area (Å²) in [5.41, 5.74) is 2.24. The number of nitrogens with zero attached hydrogens (tertiary/aromatic N) is 3. The lowest BCUT2D eigenvalue weighted by Gasteiger charge is -2.18. The highest BCUT2D eigenvalue weighted by Crippen LogP contribution is 2.17. The van der Waals surface area contributed by atoms with Gasteiger partial charge in [-0.25, -0.2) is 12.9 Å². The minimum absolute atomic E-state index is 0.226. The Balaban J connectivity index is 1.78. The molecule has 1 saturated heterocycles. The van der Waals surface area contributed by atoms with E-state index in [1.54, 1.807) is 0 Å². The van der Waals surface area contributed by atoms with Crippen molar-refractivity contribution in [3.63, 3.8) is 0 Å². The second kappa shape index (κ2) is 5.18. The van der Waals surface area contributed by atoms with Crippen molar-refractivity contribution in [2.75, 3.05) is 18.8 Å². The van der Waals surface area contributed by atoms with Crippen molar-refractivity contribution in [3.8, 4) is 0 Å². The van der Waals surface area contributed by atoms with Crippen LogP contribution in [0.25, 0.3) is 5.52 Å². The first-order valence-corrected chi connectivity index (χ1v) is 8.63. The molecule has 0 N–H and O–H groups in total. The zero-order valence-corrected chi connectivity index (χ0v) is 12.4. The van der Waals surface area contributed by atoms with Gasteiger partial charge in [0.05, 0.1) is 22.7 Å². The lowest BCUT2D eigenvalue weighted by molar-refractivity contribution is 0.284. The molecule has 2 aromatic heterocycles. The van der Waals surface area contributed by atoms with Gasteiger partial charge in [0.15, 0.2) is 9.84 Å². The summed E-state index contributed by atoms with van der Waals surface area (Å²) in [4.78, 5) is 2.21. The summed E-state index contributed by atoms with van der Waals surface area (Å²) in [6.45, 7) is 4.01. The molecule has 20 heavy (non-hydrogen) atoms. The molecule has 0 aliphatic carbocycles. The maximum atomic E-state index is 11.9. The maximum Gasteiger partial charge on any atom is 0.154 e. The highest BCUT2D eigenvalue weighted by molar-refractivity contribution is 7.92. The van der Waals surface area contributed by atoms with Crippen molar-refractivity contribution in [1.29, 1.82) is 0 Å².